The molecule has 1 N–H and O–H groups in total. The van der Waals surface area contributed by atoms with Gasteiger partial charge in [0.1, 0.15) is 0 Å². The molecule has 0 spiro atoms. The van der Waals surface area contributed by atoms with E-state index in [4.69, 9.17) is 4.74 Å². The summed E-state index contributed by atoms with van der Waals surface area (Å²) in [6.07, 6.45) is 0. The Bertz CT molecular complexity index is 128. The zero-order valence-corrected chi connectivity index (χ0v) is 10.3. The van der Waals surface area contributed by atoms with E-state index in [0.29, 0.717) is 6.04 Å². The molecule has 0 aliphatic heterocycles. The van der Waals surface area contributed by atoms with Crippen LogP contribution in [0, 0.1) is 5.92 Å². The average molecular weight is 202 g/mol. The van der Waals surface area contributed by atoms with E-state index in [2.05, 4.69) is 38.0 Å². The predicted molar refractivity (Wildman–Crippen MR) is 61.7 cm³/mol. The topological polar surface area (TPSA) is 24.5 Å². The van der Waals surface area contributed by atoms with Gasteiger partial charge in [-0.2, -0.15) is 0 Å². The van der Waals surface area contributed by atoms with Crippen LogP contribution in [0.25, 0.3) is 0 Å². The minimum Gasteiger partial charge on any atom is -0.383 e. The Morgan fingerprint density at radius 3 is 2.43 bits per heavy atom. The number of methoxy groups -OCH3 is 1. The Hall–Kier alpha value is -0.120. The van der Waals surface area contributed by atoms with Gasteiger partial charge in [-0.1, -0.05) is 13.8 Å². The second kappa shape index (κ2) is 8.21. The van der Waals surface area contributed by atoms with Gasteiger partial charge in [0.15, 0.2) is 0 Å². The predicted octanol–water partition coefficient (Wildman–Crippen LogP) is 1.20. The van der Waals surface area contributed by atoms with Gasteiger partial charge >= 0.3 is 0 Å². The van der Waals surface area contributed by atoms with E-state index in [1.165, 1.54) is 0 Å². The fourth-order valence-electron chi connectivity index (χ4n) is 1.40. The summed E-state index contributed by atoms with van der Waals surface area (Å²) in [4.78, 5) is 2.39. The van der Waals surface area contributed by atoms with Crippen molar-refractivity contribution in [2.45, 2.75) is 26.8 Å². The first-order valence-corrected chi connectivity index (χ1v) is 5.47. The van der Waals surface area contributed by atoms with E-state index < -0.39 is 0 Å². The quantitative estimate of drug-likeness (QED) is 0.599. The fraction of sp³-hybridized carbons (Fsp3) is 1.00. The Balaban J connectivity index is 3.46. The molecule has 0 saturated heterocycles. The maximum absolute atomic E-state index is 4.97. The molecule has 0 bridgehead atoms. The van der Waals surface area contributed by atoms with Gasteiger partial charge in [0.25, 0.3) is 0 Å². The number of hydrogen-bond acceptors (Lipinski definition) is 3. The molecule has 0 rings (SSSR count). The van der Waals surface area contributed by atoms with Crippen molar-refractivity contribution >= 4 is 0 Å². The molecule has 0 saturated carbocycles. The Morgan fingerprint density at radius 2 is 1.93 bits per heavy atom. The summed E-state index contributed by atoms with van der Waals surface area (Å²) in [5.41, 5.74) is 0. The molecule has 3 heteroatoms. The summed E-state index contributed by atoms with van der Waals surface area (Å²) in [7, 11) is 3.92. The van der Waals surface area contributed by atoms with Crippen molar-refractivity contribution in [1.29, 1.82) is 0 Å². The molecule has 0 radical (unpaired) electrons. The highest BCUT2D eigenvalue weighted by atomic mass is 16.5. The summed E-state index contributed by atoms with van der Waals surface area (Å²) >= 11 is 0. The third-order valence-electron chi connectivity index (χ3n) is 2.33. The normalized spacial score (nSPS) is 13.9. The summed E-state index contributed by atoms with van der Waals surface area (Å²) < 4.78 is 4.97. The van der Waals surface area contributed by atoms with Crippen LogP contribution in [-0.2, 0) is 4.74 Å². The van der Waals surface area contributed by atoms with E-state index >= 15 is 0 Å². The van der Waals surface area contributed by atoms with Gasteiger partial charge < -0.3 is 15.0 Å². The first-order chi connectivity index (χ1) is 6.57. The van der Waals surface area contributed by atoms with Gasteiger partial charge in [0.05, 0.1) is 6.61 Å². The maximum atomic E-state index is 4.97. The van der Waals surface area contributed by atoms with Gasteiger partial charge in [0, 0.05) is 32.8 Å². The van der Waals surface area contributed by atoms with Crippen molar-refractivity contribution in [1.82, 2.24) is 10.2 Å². The van der Waals surface area contributed by atoms with Crippen molar-refractivity contribution in [3.8, 4) is 0 Å². The lowest BCUT2D eigenvalue weighted by Crippen LogP contribution is -2.40. The molecule has 3 nitrogen and oxygen atoms in total. The lowest BCUT2D eigenvalue weighted by atomic mass is 10.2. The molecule has 0 heterocycles. The maximum Gasteiger partial charge on any atom is 0.0587 e. The molecular weight excluding hydrogens is 176 g/mol. The summed E-state index contributed by atoms with van der Waals surface area (Å²) in [5.74, 6) is 0.737. The third-order valence-corrected chi connectivity index (χ3v) is 2.33. The van der Waals surface area contributed by atoms with Gasteiger partial charge in [-0.25, -0.2) is 0 Å². The SMILES string of the molecule is COCCNCC(C)N(C)CC(C)C. The van der Waals surface area contributed by atoms with Crippen LogP contribution in [0.3, 0.4) is 0 Å². The molecule has 86 valence electrons. The first-order valence-electron chi connectivity index (χ1n) is 5.47. The van der Waals surface area contributed by atoms with Crippen molar-refractivity contribution in [2.24, 2.45) is 5.92 Å². The monoisotopic (exact) mass is 202 g/mol. The zero-order valence-electron chi connectivity index (χ0n) is 10.3. The second-order valence-electron chi connectivity index (χ2n) is 4.38. The van der Waals surface area contributed by atoms with Gasteiger partial charge in [-0.15, -0.1) is 0 Å². The minimum atomic E-state index is 0.592. The van der Waals surface area contributed by atoms with Crippen molar-refractivity contribution < 1.29 is 4.74 Å². The molecule has 0 fully saturated rings. The Labute approximate surface area is 88.8 Å². The molecule has 0 amide bonds. The highest BCUT2D eigenvalue weighted by Gasteiger charge is 2.09. The molecule has 0 aliphatic carbocycles. The summed E-state index contributed by atoms with van der Waals surface area (Å²) in [6, 6.07) is 0.592. The van der Waals surface area contributed by atoms with Gasteiger partial charge in [-0.3, -0.25) is 0 Å². The lowest BCUT2D eigenvalue weighted by molar-refractivity contribution is 0.188. The first kappa shape index (κ1) is 13.9. The molecule has 0 aromatic heterocycles. The lowest BCUT2D eigenvalue weighted by Gasteiger charge is -2.26. The Morgan fingerprint density at radius 1 is 1.29 bits per heavy atom. The van der Waals surface area contributed by atoms with Gasteiger partial charge in [-0.05, 0) is 19.9 Å². The van der Waals surface area contributed by atoms with Crippen LogP contribution in [0.5, 0.6) is 0 Å². The van der Waals surface area contributed by atoms with Crippen LogP contribution in [0.1, 0.15) is 20.8 Å². The van der Waals surface area contributed by atoms with Gasteiger partial charge in [0.2, 0.25) is 0 Å². The highest BCUT2D eigenvalue weighted by Crippen LogP contribution is 2.00. The van der Waals surface area contributed by atoms with E-state index in [9.17, 15) is 0 Å². The van der Waals surface area contributed by atoms with Crippen LogP contribution in [0.2, 0.25) is 0 Å². The van der Waals surface area contributed by atoms with Crippen molar-refractivity contribution in [2.75, 3.05) is 40.4 Å². The molecule has 14 heavy (non-hydrogen) atoms. The van der Waals surface area contributed by atoms with Crippen LogP contribution in [0.15, 0.2) is 0 Å². The number of ether oxygens (including phenoxy) is 1. The number of likely N-dealkylation sites (N-methyl/N-ethyl adjacent to an activating group) is 1. The largest absolute Gasteiger partial charge is 0.383 e. The third kappa shape index (κ3) is 7.30. The van der Waals surface area contributed by atoms with Crippen molar-refractivity contribution in [3.63, 3.8) is 0 Å². The molecular formula is C11H26N2O. The van der Waals surface area contributed by atoms with E-state index in [1.807, 2.05) is 0 Å². The standard InChI is InChI=1S/C11H26N2O/c1-10(2)9-13(4)11(3)8-12-6-7-14-5/h10-12H,6-9H2,1-5H3. The molecule has 0 aromatic rings. The smallest absolute Gasteiger partial charge is 0.0587 e. The van der Waals surface area contributed by atoms with Crippen LogP contribution >= 0.6 is 0 Å². The zero-order chi connectivity index (χ0) is 11.0. The summed E-state index contributed by atoms with van der Waals surface area (Å²) in [5, 5.41) is 3.37. The highest BCUT2D eigenvalue weighted by molar-refractivity contribution is 4.67. The molecule has 0 aromatic carbocycles. The number of hydrogen-bond donors (Lipinski definition) is 1. The van der Waals surface area contributed by atoms with Crippen LogP contribution in [0.4, 0.5) is 0 Å². The van der Waals surface area contributed by atoms with E-state index in [0.717, 1.165) is 32.2 Å². The summed E-state index contributed by atoms with van der Waals surface area (Å²) in [6.45, 7) is 10.7. The molecule has 1 unspecified atom stereocenters. The minimum absolute atomic E-state index is 0.592. The van der Waals surface area contributed by atoms with Crippen molar-refractivity contribution in [3.05, 3.63) is 0 Å². The Kier molecular flexibility index (Phi) is 8.14. The second-order valence-corrected chi connectivity index (χ2v) is 4.38. The number of nitrogens with zero attached hydrogens (tertiary/aromatic N) is 1. The van der Waals surface area contributed by atoms with Crippen LogP contribution < -0.4 is 5.32 Å². The fourth-order valence-corrected chi connectivity index (χ4v) is 1.40. The van der Waals surface area contributed by atoms with Crippen LogP contribution in [-0.4, -0.2) is 51.3 Å². The van der Waals surface area contributed by atoms with E-state index in [-0.39, 0.29) is 0 Å². The molecule has 0 aliphatic rings. The number of rotatable bonds is 8. The number of nitrogens with one attached hydrogen (secondary N) is 1. The molecule has 1 atom stereocenters. The average Bonchev–Trinajstić information content (AvgIpc) is 2.11. The van der Waals surface area contributed by atoms with E-state index in [1.54, 1.807) is 7.11 Å².